The summed E-state index contributed by atoms with van der Waals surface area (Å²) in [5, 5.41) is 3.64. The predicted molar refractivity (Wildman–Crippen MR) is 126 cm³/mol. The molecule has 0 radical (unpaired) electrons. The maximum Gasteiger partial charge on any atom is 0.307 e. The molecule has 30 heavy (non-hydrogen) atoms. The van der Waals surface area contributed by atoms with E-state index in [0.29, 0.717) is 24.2 Å². The predicted octanol–water partition coefficient (Wildman–Crippen LogP) is 6.90. The summed E-state index contributed by atoms with van der Waals surface area (Å²) in [5.74, 6) is 1.72. The molecule has 3 heteroatoms. The van der Waals surface area contributed by atoms with Gasteiger partial charge in [0.15, 0.2) is 0 Å². The Morgan fingerprint density at radius 1 is 1.10 bits per heavy atom. The quantitative estimate of drug-likeness (QED) is 0.281. The fraction of sp³-hybridized carbons (Fsp3) is 0.741. The molecule has 0 unspecified atom stereocenters. The lowest BCUT2D eigenvalue weighted by atomic mass is 9.75. The monoisotopic (exact) mass is 415 g/mol. The summed E-state index contributed by atoms with van der Waals surface area (Å²) >= 11 is 0. The zero-order valence-corrected chi connectivity index (χ0v) is 19.9. The summed E-state index contributed by atoms with van der Waals surface area (Å²) in [7, 11) is 0. The molecule has 1 N–H and O–H groups in total. The summed E-state index contributed by atoms with van der Waals surface area (Å²) in [6.07, 6.45) is 11.4. The Morgan fingerprint density at radius 2 is 1.83 bits per heavy atom. The molecule has 0 bridgehead atoms. The van der Waals surface area contributed by atoms with Crippen molar-refractivity contribution in [1.29, 1.82) is 0 Å². The number of ether oxygens (including phenoxy) is 1. The van der Waals surface area contributed by atoms with Gasteiger partial charge in [-0.3, -0.25) is 4.79 Å². The molecule has 1 aliphatic carbocycles. The molecule has 1 saturated carbocycles. The first kappa shape index (κ1) is 24.9. The third-order valence-electron chi connectivity index (χ3n) is 6.75. The van der Waals surface area contributed by atoms with E-state index in [0.717, 1.165) is 19.4 Å². The van der Waals surface area contributed by atoms with Crippen molar-refractivity contribution >= 4 is 5.97 Å². The Labute approximate surface area is 185 Å². The largest absolute Gasteiger partial charge is 0.462 e. The molecule has 0 saturated heterocycles. The van der Waals surface area contributed by atoms with Crippen LogP contribution in [0, 0.1) is 17.8 Å². The number of hydrogen-bond acceptors (Lipinski definition) is 3. The molecule has 170 valence electrons. The van der Waals surface area contributed by atoms with Crippen LogP contribution in [0.15, 0.2) is 30.3 Å². The molecular formula is C27H45NO2. The van der Waals surface area contributed by atoms with Crippen LogP contribution in [0.25, 0.3) is 0 Å². The minimum absolute atomic E-state index is 0.0149. The summed E-state index contributed by atoms with van der Waals surface area (Å²) in [6.45, 7) is 9.88. The van der Waals surface area contributed by atoms with Gasteiger partial charge in [0.1, 0.15) is 6.10 Å². The number of carbonyl (C=O) groups is 1. The smallest absolute Gasteiger partial charge is 0.307 e. The fourth-order valence-corrected chi connectivity index (χ4v) is 4.80. The molecule has 2 rings (SSSR count). The SMILES string of the molecule is CCCCCCC[C@@H](CC(=O)O[C@@H]1C[C@H](C)CC[C@H]1C(C)C)NCc1ccccc1. The molecule has 0 aromatic heterocycles. The molecule has 1 aromatic rings. The van der Waals surface area contributed by atoms with Gasteiger partial charge < -0.3 is 10.1 Å². The Bertz CT molecular complexity index is 586. The van der Waals surface area contributed by atoms with Gasteiger partial charge in [0.25, 0.3) is 0 Å². The first-order valence-electron chi connectivity index (χ1n) is 12.5. The number of carbonyl (C=O) groups excluding carboxylic acids is 1. The zero-order chi connectivity index (χ0) is 21.8. The van der Waals surface area contributed by atoms with Crippen LogP contribution < -0.4 is 5.32 Å². The third-order valence-corrected chi connectivity index (χ3v) is 6.75. The molecule has 1 aliphatic rings. The van der Waals surface area contributed by atoms with E-state index in [1.807, 2.05) is 6.07 Å². The third kappa shape index (κ3) is 9.20. The van der Waals surface area contributed by atoms with E-state index < -0.39 is 0 Å². The number of benzene rings is 1. The number of unbranched alkanes of at least 4 members (excludes halogenated alkanes) is 4. The number of hydrogen-bond donors (Lipinski definition) is 1. The van der Waals surface area contributed by atoms with Crippen molar-refractivity contribution in [2.24, 2.45) is 17.8 Å². The van der Waals surface area contributed by atoms with E-state index in [-0.39, 0.29) is 18.1 Å². The van der Waals surface area contributed by atoms with Crippen molar-refractivity contribution in [3.05, 3.63) is 35.9 Å². The minimum atomic E-state index is -0.0149. The number of esters is 1. The summed E-state index contributed by atoms with van der Waals surface area (Å²) in [4.78, 5) is 12.9. The van der Waals surface area contributed by atoms with Gasteiger partial charge in [-0.2, -0.15) is 0 Å². The summed E-state index contributed by atoms with van der Waals surface area (Å²) < 4.78 is 6.08. The molecule has 0 aliphatic heterocycles. The molecule has 4 atom stereocenters. The minimum Gasteiger partial charge on any atom is -0.462 e. The highest BCUT2D eigenvalue weighted by Gasteiger charge is 2.33. The van der Waals surface area contributed by atoms with Crippen LogP contribution in [0.5, 0.6) is 0 Å². The average molecular weight is 416 g/mol. The Kier molecular flexibility index (Phi) is 11.5. The van der Waals surface area contributed by atoms with Crippen LogP contribution in [0.4, 0.5) is 0 Å². The van der Waals surface area contributed by atoms with Crippen molar-refractivity contribution in [3.63, 3.8) is 0 Å². The van der Waals surface area contributed by atoms with Gasteiger partial charge in [-0.25, -0.2) is 0 Å². The maximum absolute atomic E-state index is 12.9. The lowest BCUT2D eigenvalue weighted by Gasteiger charge is -2.37. The van der Waals surface area contributed by atoms with Crippen LogP contribution in [-0.4, -0.2) is 18.1 Å². The molecular weight excluding hydrogens is 370 g/mol. The van der Waals surface area contributed by atoms with Gasteiger partial charge in [-0.1, -0.05) is 96.6 Å². The average Bonchev–Trinajstić information content (AvgIpc) is 2.72. The Balaban J connectivity index is 1.88. The Morgan fingerprint density at radius 3 is 2.53 bits per heavy atom. The van der Waals surface area contributed by atoms with Crippen LogP contribution >= 0.6 is 0 Å². The van der Waals surface area contributed by atoms with Gasteiger partial charge in [-0.15, -0.1) is 0 Å². The van der Waals surface area contributed by atoms with E-state index in [4.69, 9.17) is 4.74 Å². The standard InChI is InChI=1S/C27H45NO2/c1-5-6-7-8-12-15-24(28-20-23-13-10-9-11-14-23)19-27(29)30-26-18-22(4)16-17-25(26)21(2)3/h9-11,13-14,21-22,24-26,28H,5-8,12,15-20H2,1-4H3/t22-,24+,25+,26-/m1/s1. The van der Waals surface area contributed by atoms with E-state index in [1.165, 1.54) is 50.5 Å². The number of nitrogens with one attached hydrogen (secondary N) is 1. The second kappa shape index (κ2) is 13.9. The first-order valence-corrected chi connectivity index (χ1v) is 12.5. The molecule has 3 nitrogen and oxygen atoms in total. The second-order valence-corrected chi connectivity index (χ2v) is 9.82. The topological polar surface area (TPSA) is 38.3 Å². The molecule has 1 aromatic carbocycles. The summed E-state index contributed by atoms with van der Waals surface area (Å²) in [6, 6.07) is 10.7. The van der Waals surface area contributed by atoms with Crippen LogP contribution in [0.3, 0.4) is 0 Å². The molecule has 1 fully saturated rings. The van der Waals surface area contributed by atoms with Gasteiger partial charge in [0.05, 0.1) is 6.42 Å². The van der Waals surface area contributed by atoms with Gasteiger partial charge in [-0.05, 0) is 42.6 Å². The Hall–Kier alpha value is -1.35. The van der Waals surface area contributed by atoms with Gasteiger partial charge in [0, 0.05) is 12.6 Å². The molecule has 0 heterocycles. The zero-order valence-electron chi connectivity index (χ0n) is 19.9. The molecule has 0 amide bonds. The normalized spacial score (nSPS) is 22.8. The van der Waals surface area contributed by atoms with Crippen LogP contribution in [-0.2, 0) is 16.1 Å². The maximum atomic E-state index is 12.9. The highest BCUT2D eigenvalue weighted by Crippen LogP contribution is 2.35. The van der Waals surface area contributed by atoms with Crippen molar-refractivity contribution in [2.45, 2.75) is 111 Å². The first-order chi connectivity index (χ1) is 14.5. The van der Waals surface area contributed by atoms with E-state index in [9.17, 15) is 4.79 Å². The highest BCUT2D eigenvalue weighted by atomic mass is 16.5. The summed E-state index contributed by atoms with van der Waals surface area (Å²) in [5.41, 5.74) is 1.27. The lowest BCUT2D eigenvalue weighted by Crippen LogP contribution is -2.38. The van der Waals surface area contributed by atoms with E-state index in [2.05, 4.69) is 57.3 Å². The fourth-order valence-electron chi connectivity index (χ4n) is 4.80. The van der Waals surface area contributed by atoms with E-state index >= 15 is 0 Å². The van der Waals surface area contributed by atoms with E-state index in [1.54, 1.807) is 0 Å². The van der Waals surface area contributed by atoms with Gasteiger partial charge >= 0.3 is 5.97 Å². The highest BCUT2D eigenvalue weighted by molar-refractivity contribution is 5.70. The number of rotatable bonds is 13. The van der Waals surface area contributed by atoms with Gasteiger partial charge in [0.2, 0.25) is 0 Å². The van der Waals surface area contributed by atoms with Crippen molar-refractivity contribution < 1.29 is 9.53 Å². The second-order valence-electron chi connectivity index (χ2n) is 9.82. The van der Waals surface area contributed by atoms with Crippen molar-refractivity contribution in [3.8, 4) is 0 Å². The van der Waals surface area contributed by atoms with Crippen LogP contribution in [0.2, 0.25) is 0 Å². The van der Waals surface area contributed by atoms with Crippen molar-refractivity contribution in [2.75, 3.05) is 0 Å². The molecule has 0 spiro atoms. The lowest BCUT2D eigenvalue weighted by molar-refractivity contribution is -0.156. The van der Waals surface area contributed by atoms with Crippen LogP contribution in [0.1, 0.15) is 97.5 Å². The van der Waals surface area contributed by atoms with Crippen molar-refractivity contribution in [1.82, 2.24) is 5.32 Å².